The molecule has 102 valence electrons. The number of nitrogens with zero attached hydrogens (tertiary/aromatic N) is 1. The molecule has 0 aromatic heterocycles. The molecular formula is C17H23NO. The van der Waals surface area contributed by atoms with Gasteiger partial charge in [0, 0.05) is 0 Å². The van der Waals surface area contributed by atoms with Gasteiger partial charge >= 0.3 is 0 Å². The zero-order chi connectivity index (χ0) is 13.9. The molecule has 1 aromatic carbocycles. The lowest BCUT2D eigenvalue weighted by atomic mass is 10.1. The highest BCUT2D eigenvalue weighted by Crippen LogP contribution is 2.05. The summed E-state index contributed by atoms with van der Waals surface area (Å²) in [6, 6.07) is 10.0. The molecule has 0 saturated carbocycles. The lowest BCUT2D eigenvalue weighted by molar-refractivity contribution is 0.132. The van der Waals surface area contributed by atoms with Crippen LogP contribution in [0.15, 0.2) is 58.8 Å². The molecule has 2 heteroatoms. The Labute approximate surface area is 116 Å². The molecule has 1 rings (SSSR count). The highest BCUT2D eigenvalue weighted by molar-refractivity contribution is 5.71. The maximum atomic E-state index is 5.23. The maximum absolute atomic E-state index is 5.23. The molecule has 0 saturated heterocycles. The van der Waals surface area contributed by atoms with Crippen molar-refractivity contribution < 1.29 is 4.84 Å². The van der Waals surface area contributed by atoms with Crippen LogP contribution in [-0.2, 0) is 11.4 Å². The van der Waals surface area contributed by atoms with Crippen molar-refractivity contribution >= 4 is 6.21 Å². The minimum atomic E-state index is 0.516. The molecule has 0 amide bonds. The van der Waals surface area contributed by atoms with Crippen LogP contribution in [0.2, 0.25) is 0 Å². The monoisotopic (exact) mass is 257 g/mol. The Kier molecular flexibility index (Phi) is 7.33. The van der Waals surface area contributed by atoms with E-state index in [1.807, 2.05) is 36.4 Å². The molecule has 2 nitrogen and oxygen atoms in total. The van der Waals surface area contributed by atoms with Crippen LogP contribution in [-0.4, -0.2) is 6.21 Å². The zero-order valence-electron chi connectivity index (χ0n) is 12.1. The Morgan fingerprint density at radius 1 is 1.16 bits per heavy atom. The normalized spacial score (nSPS) is 11.6. The van der Waals surface area contributed by atoms with Gasteiger partial charge in [0.25, 0.3) is 0 Å². The van der Waals surface area contributed by atoms with Gasteiger partial charge in [0.2, 0.25) is 0 Å². The second-order valence-corrected chi connectivity index (χ2v) is 4.85. The van der Waals surface area contributed by atoms with Crippen LogP contribution in [0.25, 0.3) is 0 Å². The number of rotatable bonds is 7. The van der Waals surface area contributed by atoms with E-state index in [9.17, 15) is 0 Å². The van der Waals surface area contributed by atoms with E-state index in [0.717, 1.165) is 18.4 Å². The van der Waals surface area contributed by atoms with Crippen molar-refractivity contribution in [3.63, 3.8) is 0 Å². The summed E-state index contributed by atoms with van der Waals surface area (Å²) in [6.45, 7) is 6.87. The van der Waals surface area contributed by atoms with Gasteiger partial charge in [0.1, 0.15) is 6.61 Å². The summed E-state index contributed by atoms with van der Waals surface area (Å²) in [7, 11) is 0. The minimum Gasteiger partial charge on any atom is -0.391 e. The van der Waals surface area contributed by atoms with Crippen molar-refractivity contribution in [3.05, 3.63) is 59.2 Å². The van der Waals surface area contributed by atoms with Gasteiger partial charge in [-0.25, -0.2) is 0 Å². The second kappa shape index (κ2) is 9.15. The molecule has 0 spiro atoms. The summed E-state index contributed by atoms with van der Waals surface area (Å²) >= 11 is 0. The molecule has 0 aliphatic rings. The standard InChI is InChI=1S/C17H23NO/c1-15(2)8-7-9-16(3)12-13-18-19-14-17-10-5-4-6-11-17/h4-6,8,10-13H,7,9,14H2,1-3H3/b16-12+,18-13+. The Hall–Kier alpha value is -1.83. The fraction of sp³-hybridized carbons (Fsp3) is 0.353. The van der Waals surface area contributed by atoms with Crippen LogP contribution < -0.4 is 0 Å². The average molecular weight is 257 g/mol. The van der Waals surface area contributed by atoms with Gasteiger partial charge in [-0.15, -0.1) is 0 Å². The third-order valence-corrected chi connectivity index (χ3v) is 2.66. The van der Waals surface area contributed by atoms with E-state index in [2.05, 4.69) is 32.0 Å². The van der Waals surface area contributed by atoms with Crippen LogP contribution in [0.3, 0.4) is 0 Å². The summed E-state index contributed by atoms with van der Waals surface area (Å²) in [5.74, 6) is 0. The SMILES string of the molecule is CC(C)=CCC/C(C)=C/C=N/OCc1ccccc1. The number of hydrogen-bond acceptors (Lipinski definition) is 2. The van der Waals surface area contributed by atoms with Gasteiger partial charge in [-0.2, -0.15) is 0 Å². The van der Waals surface area contributed by atoms with E-state index in [1.54, 1.807) is 6.21 Å². The van der Waals surface area contributed by atoms with E-state index in [0.29, 0.717) is 6.61 Å². The molecule has 0 N–H and O–H groups in total. The molecule has 1 aromatic rings. The van der Waals surface area contributed by atoms with Gasteiger partial charge in [-0.1, -0.05) is 52.7 Å². The second-order valence-electron chi connectivity index (χ2n) is 4.85. The third-order valence-electron chi connectivity index (χ3n) is 2.66. The minimum absolute atomic E-state index is 0.516. The van der Waals surface area contributed by atoms with Crippen molar-refractivity contribution in [2.75, 3.05) is 0 Å². The maximum Gasteiger partial charge on any atom is 0.142 e. The van der Waals surface area contributed by atoms with E-state index in [-0.39, 0.29) is 0 Å². The van der Waals surface area contributed by atoms with Gasteiger partial charge in [0.05, 0.1) is 6.21 Å². The molecule has 0 atom stereocenters. The molecule has 0 unspecified atom stereocenters. The van der Waals surface area contributed by atoms with E-state index < -0.39 is 0 Å². The van der Waals surface area contributed by atoms with E-state index in [1.165, 1.54) is 11.1 Å². The summed E-state index contributed by atoms with van der Waals surface area (Å²) in [5, 5.41) is 3.93. The fourth-order valence-electron chi connectivity index (χ4n) is 1.56. The first kappa shape index (κ1) is 15.2. The fourth-order valence-corrected chi connectivity index (χ4v) is 1.56. The van der Waals surface area contributed by atoms with Crippen LogP contribution in [0.5, 0.6) is 0 Å². The Morgan fingerprint density at radius 2 is 1.89 bits per heavy atom. The molecular weight excluding hydrogens is 234 g/mol. The first-order valence-corrected chi connectivity index (χ1v) is 6.67. The van der Waals surface area contributed by atoms with Crippen molar-refractivity contribution in [1.82, 2.24) is 0 Å². The van der Waals surface area contributed by atoms with Crippen molar-refractivity contribution in [3.8, 4) is 0 Å². The van der Waals surface area contributed by atoms with Crippen molar-refractivity contribution in [2.45, 2.75) is 40.2 Å². The first-order valence-electron chi connectivity index (χ1n) is 6.67. The number of benzene rings is 1. The lowest BCUT2D eigenvalue weighted by Crippen LogP contribution is -1.86. The first-order chi connectivity index (χ1) is 9.18. The van der Waals surface area contributed by atoms with Crippen LogP contribution in [0.1, 0.15) is 39.2 Å². The number of oxime groups is 1. The predicted molar refractivity (Wildman–Crippen MR) is 82.1 cm³/mol. The number of hydrogen-bond donors (Lipinski definition) is 0. The van der Waals surface area contributed by atoms with E-state index >= 15 is 0 Å². The lowest BCUT2D eigenvalue weighted by Gasteiger charge is -1.98. The highest BCUT2D eigenvalue weighted by atomic mass is 16.6. The summed E-state index contributed by atoms with van der Waals surface area (Å²) < 4.78 is 0. The molecule has 0 fully saturated rings. The zero-order valence-corrected chi connectivity index (χ0v) is 12.1. The number of allylic oxidation sites excluding steroid dienone is 4. The average Bonchev–Trinajstić information content (AvgIpc) is 2.39. The summed E-state index contributed by atoms with van der Waals surface area (Å²) in [5.41, 5.74) is 3.81. The highest BCUT2D eigenvalue weighted by Gasteiger charge is 1.89. The third kappa shape index (κ3) is 7.98. The predicted octanol–water partition coefficient (Wildman–Crippen LogP) is 4.88. The largest absolute Gasteiger partial charge is 0.391 e. The summed E-state index contributed by atoms with van der Waals surface area (Å²) in [4.78, 5) is 5.23. The molecule has 0 aliphatic heterocycles. The quantitative estimate of drug-likeness (QED) is 0.387. The van der Waals surface area contributed by atoms with Gasteiger partial charge in [-0.05, 0) is 45.3 Å². The van der Waals surface area contributed by atoms with Crippen LogP contribution >= 0.6 is 0 Å². The van der Waals surface area contributed by atoms with Crippen LogP contribution in [0.4, 0.5) is 0 Å². The van der Waals surface area contributed by atoms with Crippen LogP contribution in [0, 0.1) is 0 Å². The van der Waals surface area contributed by atoms with Gasteiger partial charge in [-0.3, -0.25) is 0 Å². The van der Waals surface area contributed by atoms with E-state index in [4.69, 9.17) is 4.84 Å². The van der Waals surface area contributed by atoms with Crippen molar-refractivity contribution in [1.29, 1.82) is 0 Å². The topological polar surface area (TPSA) is 21.6 Å². The summed E-state index contributed by atoms with van der Waals surface area (Å²) in [6.07, 6.45) is 8.13. The van der Waals surface area contributed by atoms with Gasteiger partial charge in [0.15, 0.2) is 0 Å². The molecule has 19 heavy (non-hydrogen) atoms. The Morgan fingerprint density at radius 3 is 2.58 bits per heavy atom. The molecule has 0 heterocycles. The molecule has 0 bridgehead atoms. The van der Waals surface area contributed by atoms with Gasteiger partial charge < -0.3 is 4.84 Å². The molecule has 0 aliphatic carbocycles. The molecule has 0 radical (unpaired) electrons. The van der Waals surface area contributed by atoms with Crippen molar-refractivity contribution in [2.24, 2.45) is 5.16 Å². The Bertz CT molecular complexity index is 440. The Balaban J connectivity index is 2.23. The smallest absolute Gasteiger partial charge is 0.142 e.